The van der Waals surface area contributed by atoms with E-state index >= 15 is 0 Å². The summed E-state index contributed by atoms with van der Waals surface area (Å²) in [5.41, 5.74) is 1.41. The Bertz CT molecular complexity index is 585. The fourth-order valence-corrected chi connectivity index (χ4v) is 4.20. The summed E-state index contributed by atoms with van der Waals surface area (Å²) in [7, 11) is 2.18. The SMILES string of the molecule is Cc1ccccc1[C@@H]1[C@@H]2CN(C(=O)C(C)(C)O)C[C@@H]2CN1C.Cl. The van der Waals surface area contributed by atoms with Crippen molar-refractivity contribution in [1.82, 2.24) is 9.80 Å². The van der Waals surface area contributed by atoms with E-state index in [4.69, 9.17) is 0 Å². The summed E-state index contributed by atoms with van der Waals surface area (Å²) in [4.78, 5) is 16.6. The Morgan fingerprint density at radius 2 is 1.87 bits per heavy atom. The first-order valence-electron chi connectivity index (χ1n) is 8.06. The van der Waals surface area contributed by atoms with Crippen LogP contribution < -0.4 is 0 Å². The Labute approximate surface area is 144 Å². The highest BCUT2D eigenvalue weighted by atomic mass is 35.5. The minimum atomic E-state index is -1.28. The van der Waals surface area contributed by atoms with Crippen molar-refractivity contribution in [3.8, 4) is 0 Å². The lowest BCUT2D eigenvalue weighted by molar-refractivity contribution is -0.147. The number of hydrogen-bond acceptors (Lipinski definition) is 3. The van der Waals surface area contributed by atoms with E-state index in [2.05, 4.69) is 43.1 Å². The molecular formula is C18H27ClN2O2. The van der Waals surface area contributed by atoms with Crippen LogP contribution in [0, 0.1) is 18.8 Å². The maximum atomic E-state index is 12.4. The molecule has 2 aliphatic heterocycles. The summed E-state index contributed by atoms with van der Waals surface area (Å²) in [5, 5.41) is 9.99. The number of nitrogens with zero attached hydrogens (tertiary/aromatic N) is 2. The average Bonchev–Trinajstić information content (AvgIpc) is 2.94. The lowest BCUT2D eigenvalue weighted by Crippen LogP contribution is -2.45. The molecule has 3 rings (SSSR count). The van der Waals surface area contributed by atoms with Gasteiger partial charge >= 0.3 is 0 Å². The number of rotatable bonds is 2. The van der Waals surface area contributed by atoms with Crippen LogP contribution in [0.4, 0.5) is 0 Å². The van der Waals surface area contributed by atoms with Crippen molar-refractivity contribution >= 4 is 18.3 Å². The molecule has 0 aliphatic carbocycles. The van der Waals surface area contributed by atoms with Crippen molar-refractivity contribution in [2.24, 2.45) is 11.8 Å². The molecule has 1 amide bonds. The molecule has 0 unspecified atom stereocenters. The molecule has 4 nitrogen and oxygen atoms in total. The van der Waals surface area contributed by atoms with Crippen molar-refractivity contribution < 1.29 is 9.90 Å². The van der Waals surface area contributed by atoms with Crippen molar-refractivity contribution in [2.75, 3.05) is 26.7 Å². The van der Waals surface area contributed by atoms with E-state index < -0.39 is 5.60 Å². The molecule has 2 aliphatic rings. The second-order valence-corrected chi connectivity index (χ2v) is 7.43. The largest absolute Gasteiger partial charge is 0.381 e. The topological polar surface area (TPSA) is 43.8 Å². The number of likely N-dealkylation sites (tertiary alicyclic amines) is 2. The lowest BCUT2D eigenvalue weighted by atomic mass is 9.88. The molecule has 1 aromatic carbocycles. The zero-order valence-corrected chi connectivity index (χ0v) is 15.1. The van der Waals surface area contributed by atoms with Crippen molar-refractivity contribution in [3.05, 3.63) is 35.4 Å². The molecule has 23 heavy (non-hydrogen) atoms. The molecule has 3 atom stereocenters. The van der Waals surface area contributed by atoms with Gasteiger partial charge in [-0.3, -0.25) is 9.69 Å². The van der Waals surface area contributed by atoms with Gasteiger partial charge in [0.05, 0.1) is 0 Å². The fourth-order valence-electron chi connectivity index (χ4n) is 4.20. The molecule has 0 bridgehead atoms. The molecule has 0 aromatic heterocycles. The molecule has 2 fully saturated rings. The van der Waals surface area contributed by atoms with Crippen LogP contribution >= 0.6 is 12.4 Å². The van der Waals surface area contributed by atoms with Gasteiger partial charge in [0.15, 0.2) is 0 Å². The fraction of sp³-hybridized carbons (Fsp3) is 0.611. The summed E-state index contributed by atoms with van der Waals surface area (Å²) in [6.45, 7) is 7.84. The second kappa shape index (κ2) is 6.42. The molecule has 128 valence electrons. The van der Waals surface area contributed by atoms with Gasteiger partial charge in [-0.1, -0.05) is 24.3 Å². The number of carbonyl (C=O) groups excluding carboxylic acids is 1. The normalized spacial score (nSPS) is 27.7. The van der Waals surface area contributed by atoms with Crippen LogP contribution in [0.3, 0.4) is 0 Å². The van der Waals surface area contributed by atoms with Crippen LogP contribution in [0.25, 0.3) is 0 Å². The lowest BCUT2D eigenvalue weighted by Gasteiger charge is -2.30. The van der Waals surface area contributed by atoms with Gasteiger partial charge in [0, 0.05) is 31.6 Å². The maximum Gasteiger partial charge on any atom is 0.253 e. The van der Waals surface area contributed by atoms with Crippen LogP contribution in [0.1, 0.15) is 31.0 Å². The van der Waals surface area contributed by atoms with Crippen LogP contribution in [-0.4, -0.2) is 53.1 Å². The van der Waals surface area contributed by atoms with Crippen molar-refractivity contribution in [1.29, 1.82) is 0 Å². The number of halogens is 1. The van der Waals surface area contributed by atoms with E-state index in [9.17, 15) is 9.90 Å². The Morgan fingerprint density at radius 1 is 1.22 bits per heavy atom. The van der Waals surface area contributed by atoms with Gasteiger partial charge in [-0.05, 0) is 44.9 Å². The number of carbonyl (C=O) groups is 1. The quantitative estimate of drug-likeness (QED) is 0.899. The van der Waals surface area contributed by atoms with Crippen LogP contribution in [0.15, 0.2) is 24.3 Å². The molecule has 0 radical (unpaired) electrons. The molecule has 1 aromatic rings. The molecule has 2 saturated heterocycles. The Balaban J connectivity index is 0.00000192. The summed E-state index contributed by atoms with van der Waals surface area (Å²) in [5.74, 6) is 0.811. The third kappa shape index (κ3) is 3.25. The number of hydrogen-bond donors (Lipinski definition) is 1. The third-order valence-corrected chi connectivity index (χ3v) is 5.21. The van der Waals surface area contributed by atoms with Crippen LogP contribution in [0.2, 0.25) is 0 Å². The summed E-state index contributed by atoms with van der Waals surface area (Å²) < 4.78 is 0. The first kappa shape index (κ1) is 18.2. The number of benzene rings is 1. The minimum Gasteiger partial charge on any atom is -0.381 e. The minimum absolute atomic E-state index is 0. The number of fused-ring (bicyclic) bond motifs is 1. The Kier molecular flexibility index (Phi) is 5.09. The number of aliphatic hydroxyl groups is 1. The summed E-state index contributed by atoms with van der Waals surface area (Å²) in [6.07, 6.45) is 0. The molecular weight excluding hydrogens is 312 g/mol. The van der Waals surface area contributed by atoms with E-state index in [-0.39, 0.29) is 18.3 Å². The van der Waals surface area contributed by atoms with Crippen molar-refractivity contribution in [3.63, 3.8) is 0 Å². The molecule has 1 N–H and O–H groups in total. The van der Waals surface area contributed by atoms with E-state index in [0.717, 1.165) is 19.6 Å². The van der Waals surface area contributed by atoms with Gasteiger partial charge in [-0.15, -0.1) is 12.4 Å². The van der Waals surface area contributed by atoms with Gasteiger partial charge in [-0.2, -0.15) is 0 Å². The average molecular weight is 339 g/mol. The number of amides is 1. The van der Waals surface area contributed by atoms with Gasteiger partial charge in [0.2, 0.25) is 0 Å². The van der Waals surface area contributed by atoms with Crippen molar-refractivity contribution in [2.45, 2.75) is 32.4 Å². The first-order chi connectivity index (χ1) is 10.3. The smallest absolute Gasteiger partial charge is 0.253 e. The standard InChI is InChI=1S/C18H26N2O2.ClH/c1-12-7-5-6-8-14(12)16-15-11-20(17(21)18(2,3)22)10-13(15)9-19(16)4;/h5-8,13,15-16,22H,9-11H2,1-4H3;1H/t13-,15+,16+;/m0./s1. The van der Waals surface area contributed by atoms with Crippen LogP contribution in [0.5, 0.6) is 0 Å². The van der Waals surface area contributed by atoms with Gasteiger partial charge in [0.25, 0.3) is 5.91 Å². The molecule has 2 heterocycles. The predicted octanol–water partition coefficient (Wildman–Crippen LogP) is 2.25. The van der Waals surface area contributed by atoms with Gasteiger partial charge in [0.1, 0.15) is 5.60 Å². The highest BCUT2D eigenvalue weighted by Gasteiger charge is 2.48. The van der Waals surface area contributed by atoms with E-state index in [0.29, 0.717) is 17.9 Å². The van der Waals surface area contributed by atoms with E-state index in [1.165, 1.54) is 11.1 Å². The monoisotopic (exact) mass is 338 g/mol. The summed E-state index contributed by atoms with van der Waals surface area (Å²) >= 11 is 0. The third-order valence-electron chi connectivity index (χ3n) is 5.21. The molecule has 5 heteroatoms. The predicted molar refractivity (Wildman–Crippen MR) is 93.7 cm³/mol. The zero-order valence-electron chi connectivity index (χ0n) is 14.3. The zero-order chi connectivity index (χ0) is 16.1. The molecule has 0 spiro atoms. The highest BCUT2D eigenvalue weighted by Crippen LogP contribution is 2.45. The Morgan fingerprint density at radius 3 is 2.48 bits per heavy atom. The van der Waals surface area contributed by atoms with E-state index in [1.54, 1.807) is 13.8 Å². The number of aryl methyl sites for hydroxylation is 1. The first-order valence-corrected chi connectivity index (χ1v) is 8.06. The van der Waals surface area contributed by atoms with E-state index in [1.807, 2.05) is 4.90 Å². The summed E-state index contributed by atoms with van der Waals surface area (Å²) in [6, 6.07) is 8.90. The second-order valence-electron chi connectivity index (χ2n) is 7.43. The van der Waals surface area contributed by atoms with Gasteiger partial charge in [-0.25, -0.2) is 0 Å². The van der Waals surface area contributed by atoms with Gasteiger partial charge < -0.3 is 10.0 Å². The highest BCUT2D eigenvalue weighted by molar-refractivity contribution is 5.85. The maximum absolute atomic E-state index is 12.4. The molecule has 0 saturated carbocycles. The van der Waals surface area contributed by atoms with Crippen LogP contribution in [-0.2, 0) is 4.79 Å². The Hall–Kier alpha value is -1.10.